The quantitative estimate of drug-likeness (QED) is 0.702. The molecule has 84 valence electrons. The second-order valence-corrected chi connectivity index (χ2v) is 4.20. The highest BCUT2D eigenvalue weighted by Gasteiger charge is 2.27. The van der Waals surface area contributed by atoms with Crippen molar-refractivity contribution in [1.82, 2.24) is 4.90 Å². The van der Waals surface area contributed by atoms with E-state index < -0.39 is 0 Å². The summed E-state index contributed by atoms with van der Waals surface area (Å²) in [5.74, 6) is 0. The van der Waals surface area contributed by atoms with Crippen molar-refractivity contribution in [3.8, 4) is 0 Å². The normalized spacial score (nSPS) is 25.5. The summed E-state index contributed by atoms with van der Waals surface area (Å²) >= 11 is 0. The third kappa shape index (κ3) is 3.23. The molecule has 1 aliphatic heterocycles. The minimum atomic E-state index is 0.322. The minimum absolute atomic E-state index is 0.322. The first kappa shape index (κ1) is 12.0. The van der Waals surface area contributed by atoms with Gasteiger partial charge in [0, 0.05) is 25.8 Å². The van der Waals surface area contributed by atoms with Crippen molar-refractivity contribution < 1.29 is 9.84 Å². The number of hydrogen-bond donors (Lipinski definition) is 1. The molecule has 0 amide bonds. The van der Waals surface area contributed by atoms with Gasteiger partial charge in [0.25, 0.3) is 0 Å². The van der Waals surface area contributed by atoms with Crippen molar-refractivity contribution >= 4 is 0 Å². The summed E-state index contributed by atoms with van der Waals surface area (Å²) in [4.78, 5) is 2.53. The molecule has 0 bridgehead atoms. The molecule has 0 radical (unpaired) electrons. The van der Waals surface area contributed by atoms with E-state index in [1.165, 1.54) is 19.4 Å². The highest BCUT2D eigenvalue weighted by molar-refractivity contribution is 4.82. The molecule has 14 heavy (non-hydrogen) atoms. The molecule has 2 atom stereocenters. The van der Waals surface area contributed by atoms with Crippen LogP contribution >= 0.6 is 0 Å². The number of rotatable bonds is 6. The maximum Gasteiger partial charge on any atom is 0.0615 e. The van der Waals surface area contributed by atoms with E-state index in [1.54, 1.807) is 7.11 Å². The van der Waals surface area contributed by atoms with Crippen molar-refractivity contribution in [2.45, 2.75) is 44.7 Å². The lowest BCUT2D eigenvalue weighted by Gasteiger charge is -2.30. The van der Waals surface area contributed by atoms with Crippen LogP contribution in [0.25, 0.3) is 0 Å². The van der Waals surface area contributed by atoms with Crippen molar-refractivity contribution in [3.63, 3.8) is 0 Å². The van der Waals surface area contributed by atoms with E-state index in [0.29, 0.717) is 18.7 Å². The van der Waals surface area contributed by atoms with E-state index in [0.717, 1.165) is 19.4 Å². The third-order valence-corrected chi connectivity index (χ3v) is 3.09. The Kier molecular flexibility index (Phi) is 5.45. The van der Waals surface area contributed by atoms with Gasteiger partial charge in [0.05, 0.1) is 6.61 Å². The second-order valence-electron chi connectivity index (χ2n) is 4.20. The molecule has 3 nitrogen and oxygen atoms in total. The molecule has 1 saturated heterocycles. The summed E-state index contributed by atoms with van der Waals surface area (Å²) in [6.45, 7) is 4.56. The Bertz CT molecular complexity index is 152. The summed E-state index contributed by atoms with van der Waals surface area (Å²) in [5, 5.41) is 8.81. The molecule has 1 aliphatic rings. The predicted molar refractivity (Wildman–Crippen MR) is 57.4 cm³/mol. The van der Waals surface area contributed by atoms with E-state index in [-0.39, 0.29) is 0 Å². The van der Waals surface area contributed by atoms with Crippen molar-refractivity contribution in [3.05, 3.63) is 0 Å². The predicted octanol–water partition coefficient (Wildman–Crippen LogP) is 1.26. The lowest BCUT2D eigenvalue weighted by atomic mass is 10.1. The van der Waals surface area contributed by atoms with Gasteiger partial charge in [0.1, 0.15) is 0 Å². The van der Waals surface area contributed by atoms with E-state index in [9.17, 15) is 0 Å². The standard InChI is InChI=1S/C11H23NO2/c1-10(9-14-2)12-7-3-5-11(12)6-4-8-13/h10-11,13H,3-9H2,1-2H3. The van der Waals surface area contributed by atoms with Crippen LogP contribution < -0.4 is 0 Å². The van der Waals surface area contributed by atoms with Crippen LogP contribution in [0.5, 0.6) is 0 Å². The molecule has 1 rings (SSSR count). The van der Waals surface area contributed by atoms with E-state index in [4.69, 9.17) is 9.84 Å². The van der Waals surface area contributed by atoms with Crippen molar-refractivity contribution in [2.24, 2.45) is 0 Å². The molecule has 0 aliphatic carbocycles. The summed E-state index contributed by atoms with van der Waals surface area (Å²) < 4.78 is 5.18. The Morgan fingerprint density at radius 2 is 2.36 bits per heavy atom. The zero-order valence-corrected chi connectivity index (χ0v) is 9.41. The maximum absolute atomic E-state index is 8.81. The molecule has 2 unspecified atom stereocenters. The Balaban J connectivity index is 2.33. The fourth-order valence-electron chi connectivity index (χ4n) is 2.41. The average molecular weight is 201 g/mol. The number of nitrogens with zero attached hydrogens (tertiary/aromatic N) is 1. The van der Waals surface area contributed by atoms with Crippen LogP contribution in [0, 0.1) is 0 Å². The topological polar surface area (TPSA) is 32.7 Å². The molecule has 1 N–H and O–H groups in total. The van der Waals surface area contributed by atoms with Crippen LogP contribution in [0.15, 0.2) is 0 Å². The number of aliphatic hydroxyl groups is 1. The van der Waals surface area contributed by atoms with Gasteiger partial charge in [-0.2, -0.15) is 0 Å². The van der Waals surface area contributed by atoms with Gasteiger partial charge in [0.15, 0.2) is 0 Å². The molecule has 3 heteroatoms. The smallest absolute Gasteiger partial charge is 0.0615 e. The van der Waals surface area contributed by atoms with E-state index >= 15 is 0 Å². The highest BCUT2D eigenvalue weighted by Crippen LogP contribution is 2.23. The van der Waals surface area contributed by atoms with Crippen LogP contribution in [0.3, 0.4) is 0 Å². The molecule has 0 aromatic rings. The molecule has 1 heterocycles. The molecule has 0 aromatic carbocycles. The van der Waals surface area contributed by atoms with Gasteiger partial charge in [-0.1, -0.05) is 0 Å². The monoisotopic (exact) mass is 201 g/mol. The van der Waals surface area contributed by atoms with Gasteiger partial charge < -0.3 is 9.84 Å². The molecule has 0 spiro atoms. The average Bonchev–Trinajstić information content (AvgIpc) is 2.63. The third-order valence-electron chi connectivity index (χ3n) is 3.09. The van der Waals surface area contributed by atoms with Gasteiger partial charge in [0.2, 0.25) is 0 Å². The SMILES string of the molecule is COCC(C)N1CCCC1CCCO. The zero-order chi connectivity index (χ0) is 10.4. The highest BCUT2D eigenvalue weighted by atomic mass is 16.5. The van der Waals surface area contributed by atoms with Gasteiger partial charge in [-0.15, -0.1) is 0 Å². The van der Waals surface area contributed by atoms with Crippen LogP contribution in [-0.2, 0) is 4.74 Å². The fourth-order valence-corrected chi connectivity index (χ4v) is 2.41. The summed E-state index contributed by atoms with van der Waals surface area (Å²) in [5.41, 5.74) is 0. The Labute approximate surface area is 87.1 Å². The fraction of sp³-hybridized carbons (Fsp3) is 1.00. The van der Waals surface area contributed by atoms with Crippen LogP contribution in [0.2, 0.25) is 0 Å². The second kappa shape index (κ2) is 6.38. The summed E-state index contributed by atoms with van der Waals surface area (Å²) in [6.07, 6.45) is 4.64. The number of aliphatic hydroxyl groups excluding tert-OH is 1. The number of likely N-dealkylation sites (tertiary alicyclic amines) is 1. The van der Waals surface area contributed by atoms with Gasteiger partial charge in [-0.3, -0.25) is 4.90 Å². The largest absolute Gasteiger partial charge is 0.396 e. The Hall–Kier alpha value is -0.120. The van der Waals surface area contributed by atoms with Gasteiger partial charge in [-0.05, 0) is 39.2 Å². The summed E-state index contributed by atoms with van der Waals surface area (Å²) in [6, 6.07) is 1.19. The molecular weight excluding hydrogens is 178 g/mol. The van der Waals surface area contributed by atoms with Crippen molar-refractivity contribution in [1.29, 1.82) is 0 Å². The minimum Gasteiger partial charge on any atom is -0.396 e. The molecule has 1 fully saturated rings. The molecular formula is C11H23NO2. The Morgan fingerprint density at radius 3 is 3.00 bits per heavy atom. The number of methoxy groups -OCH3 is 1. The lowest BCUT2D eigenvalue weighted by molar-refractivity contribution is 0.0864. The number of hydrogen-bond acceptors (Lipinski definition) is 3. The zero-order valence-electron chi connectivity index (χ0n) is 9.41. The Morgan fingerprint density at radius 1 is 1.57 bits per heavy atom. The lowest BCUT2D eigenvalue weighted by Crippen LogP contribution is -2.39. The van der Waals surface area contributed by atoms with E-state index in [1.807, 2.05) is 0 Å². The maximum atomic E-state index is 8.81. The van der Waals surface area contributed by atoms with Crippen LogP contribution in [-0.4, -0.2) is 49.0 Å². The number of ether oxygens (including phenoxy) is 1. The van der Waals surface area contributed by atoms with Crippen LogP contribution in [0.4, 0.5) is 0 Å². The summed E-state index contributed by atoms with van der Waals surface area (Å²) in [7, 11) is 1.76. The van der Waals surface area contributed by atoms with Gasteiger partial charge >= 0.3 is 0 Å². The first-order chi connectivity index (χ1) is 6.79. The first-order valence-electron chi connectivity index (χ1n) is 5.65. The van der Waals surface area contributed by atoms with Crippen LogP contribution in [0.1, 0.15) is 32.6 Å². The van der Waals surface area contributed by atoms with E-state index in [2.05, 4.69) is 11.8 Å². The van der Waals surface area contributed by atoms with Gasteiger partial charge in [-0.25, -0.2) is 0 Å². The first-order valence-corrected chi connectivity index (χ1v) is 5.65. The molecule has 0 saturated carbocycles. The molecule has 0 aromatic heterocycles. The van der Waals surface area contributed by atoms with Crippen molar-refractivity contribution in [2.75, 3.05) is 26.9 Å².